The van der Waals surface area contributed by atoms with Gasteiger partial charge in [-0.25, -0.2) is 0 Å². The molecular formula is C19H19ClN2O2. The molecule has 1 aliphatic rings. The number of ether oxygens (including phenoxy) is 1. The van der Waals surface area contributed by atoms with Gasteiger partial charge in [0.05, 0.1) is 13.2 Å². The highest BCUT2D eigenvalue weighted by molar-refractivity contribution is 6.32. The van der Waals surface area contributed by atoms with Crippen LogP contribution in [0.3, 0.4) is 0 Å². The van der Waals surface area contributed by atoms with Crippen LogP contribution >= 0.6 is 11.6 Å². The molecule has 1 amide bonds. The van der Waals surface area contributed by atoms with Crippen LogP contribution in [0.5, 0.6) is 0 Å². The second-order valence-electron chi connectivity index (χ2n) is 5.49. The van der Waals surface area contributed by atoms with Crippen molar-refractivity contribution in [2.45, 2.75) is 0 Å². The molecule has 1 heterocycles. The van der Waals surface area contributed by atoms with Crippen molar-refractivity contribution < 1.29 is 9.53 Å². The lowest BCUT2D eigenvalue weighted by Gasteiger charge is -2.28. The van der Waals surface area contributed by atoms with Crippen molar-refractivity contribution in [3.05, 3.63) is 65.2 Å². The number of morpholine rings is 1. The topological polar surface area (TPSA) is 41.6 Å². The molecular weight excluding hydrogens is 324 g/mol. The van der Waals surface area contributed by atoms with E-state index in [1.165, 1.54) is 6.08 Å². The molecule has 1 fully saturated rings. The van der Waals surface area contributed by atoms with Crippen LogP contribution in [-0.2, 0) is 9.53 Å². The van der Waals surface area contributed by atoms with Crippen molar-refractivity contribution in [2.75, 3.05) is 36.5 Å². The number of amides is 1. The Labute approximate surface area is 146 Å². The molecule has 0 unspecified atom stereocenters. The average Bonchev–Trinajstić information content (AvgIpc) is 2.62. The minimum atomic E-state index is -0.186. The molecule has 0 atom stereocenters. The molecule has 1 saturated heterocycles. The molecule has 0 aliphatic carbocycles. The summed E-state index contributed by atoms with van der Waals surface area (Å²) < 4.78 is 5.35. The van der Waals surface area contributed by atoms with E-state index < -0.39 is 0 Å². The first-order valence-electron chi connectivity index (χ1n) is 7.89. The molecule has 24 heavy (non-hydrogen) atoms. The number of nitrogens with one attached hydrogen (secondary N) is 1. The summed E-state index contributed by atoms with van der Waals surface area (Å²) in [6.45, 7) is 3.30. The van der Waals surface area contributed by atoms with Gasteiger partial charge in [0, 0.05) is 35.6 Å². The molecule has 1 N–H and O–H groups in total. The highest BCUT2D eigenvalue weighted by Crippen LogP contribution is 2.19. The highest BCUT2D eigenvalue weighted by Gasteiger charge is 2.10. The van der Waals surface area contributed by atoms with Crippen molar-refractivity contribution in [2.24, 2.45) is 0 Å². The van der Waals surface area contributed by atoms with Gasteiger partial charge in [0.2, 0.25) is 5.91 Å². The molecule has 0 aromatic heterocycles. The second kappa shape index (κ2) is 7.99. The van der Waals surface area contributed by atoms with Crippen LogP contribution in [0.4, 0.5) is 11.4 Å². The summed E-state index contributed by atoms with van der Waals surface area (Å²) >= 11 is 6.06. The Morgan fingerprint density at radius 2 is 1.79 bits per heavy atom. The van der Waals surface area contributed by atoms with Gasteiger partial charge in [0.15, 0.2) is 0 Å². The third-order valence-corrected chi connectivity index (χ3v) is 4.17. The number of anilines is 2. The van der Waals surface area contributed by atoms with Crippen LogP contribution < -0.4 is 10.2 Å². The average molecular weight is 343 g/mol. The van der Waals surface area contributed by atoms with E-state index in [-0.39, 0.29) is 5.91 Å². The Balaban J connectivity index is 1.59. The summed E-state index contributed by atoms with van der Waals surface area (Å²) in [7, 11) is 0. The number of benzene rings is 2. The Kier molecular flexibility index (Phi) is 5.51. The van der Waals surface area contributed by atoms with Crippen molar-refractivity contribution in [3.8, 4) is 0 Å². The quantitative estimate of drug-likeness (QED) is 0.859. The zero-order valence-corrected chi connectivity index (χ0v) is 14.0. The third kappa shape index (κ3) is 4.37. The van der Waals surface area contributed by atoms with Gasteiger partial charge in [-0.1, -0.05) is 29.8 Å². The fraction of sp³-hybridized carbons (Fsp3) is 0.211. The van der Waals surface area contributed by atoms with Crippen LogP contribution in [0.2, 0.25) is 5.02 Å². The molecule has 0 bridgehead atoms. The zero-order chi connectivity index (χ0) is 16.8. The maximum absolute atomic E-state index is 12.0. The van der Waals surface area contributed by atoms with Gasteiger partial charge in [-0.15, -0.1) is 0 Å². The predicted molar refractivity (Wildman–Crippen MR) is 98.6 cm³/mol. The standard InChI is InChI=1S/C19H19ClN2O2/c20-18-4-2-1-3-15(18)5-10-19(23)21-16-6-8-17(9-7-16)22-11-13-24-14-12-22/h1-10H,11-14H2,(H,21,23). The fourth-order valence-electron chi connectivity index (χ4n) is 2.54. The number of hydrogen-bond acceptors (Lipinski definition) is 3. The van der Waals surface area contributed by atoms with Crippen LogP contribution in [-0.4, -0.2) is 32.2 Å². The Morgan fingerprint density at radius 3 is 2.50 bits per heavy atom. The van der Waals surface area contributed by atoms with Crippen LogP contribution in [0.15, 0.2) is 54.6 Å². The lowest BCUT2D eigenvalue weighted by Crippen LogP contribution is -2.36. The van der Waals surface area contributed by atoms with Gasteiger partial charge in [-0.05, 0) is 42.0 Å². The van der Waals surface area contributed by atoms with Crippen molar-refractivity contribution in [3.63, 3.8) is 0 Å². The third-order valence-electron chi connectivity index (χ3n) is 3.83. The van der Waals surface area contributed by atoms with E-state index in [0.29, 0.717) is 5.02 Å². The van der Waals surface area contributed by atoms with Gasteiger partial charge >= 0.3 is 0 Å². The maximum Gasteiger partial charge on any atom is 0.248 e. The van der Waals surface area contributed by atoms with E-state index in [9.17, 15) is 4.79 Å². The fourth-order valence-corrected chi connectivity index (χ4v) is 2.74. The first-order chi connectivity index (χ1) is 11.7. The van der Waals surface area contributed by atoms with Gasteiger partial charge in [-0.2, -0.15) is 0 Å². The molecule has 2 aromatic rings. The smallest absolute Gasteiger partial charge is 0.248 e. The van der Waals surface area contributed by atoms with Crippen LogP contribution in [0.1, 0.15) is 5.56 Å². The molecule has 5 heteroatoms. The van der Waals surface area contributed by atoms with Crippen molar-refractivity contribution in [1.29, 1.82) is 0 Å². The zero-order valence-electron chi connectivity index (χ0n) is 13.2. The molecule has 0 spiro atoms. The number of halogens is 1. The molecule has 3 rings (SSSR count). The van der Waals surface area contributed by atoms with E-state index in [1.54, 1.807) is 12.1 Å². The Morgan fingerprint density at radius 1 is 1.08 bits per heavy atom. The minimum absolute atomic E-state index is 0.186. The summed E-state index contributed by atoms with van der Waals surface area (Å²) in [4.78, 5) is 14.3. The largest absolute Gasteiger partial charge is 0.378 e. The van der Waals surface area contributed by atoms with E-state index in [1.807, 2.05) is 42.5 Å². The minimum Gasteiger partial charge on any atom is -0.378 e. The monoisotopic (exact) mass is 342 g/mol. The van der Waals surface area contributed by atoms with E-state index in [2.05, 4.69) is 10.2 Å². The normalized spacial score (nSPS) is 14.8. The van der Waals surface area contributed by atoms with E-state index >= 15 is 0 Å². The molecule has 124 valence electrons. The summed E-state index contributed by atoms with van der Waals surface area (Å²) in [6.07, 6.45) is 3.19. The van der Waals surface area contributed by atoms with Crippen molar-refractivity contribution in [1.82, 2.24) is 0 Å². The van der Waals surface area contributed by atoms with E-state index in [0.717, 1.165) is 43.2 Å². The highest BCUT2D eigenvalue weighted by atomic mass is 35.5. The lowest BCUT2D eigenvalue weighted by molar-refractivity contribution is -0.111. The predicted octanol–water partition coefficient (Wildman–Crippen LogP) is 3.83. The molecule has 0 saturated carbocycles. The van der Waals surface area contributed by atoms with Crippen LogP contribution in [0.25, 0.3) is 6.08 Å². The first-order valence-corrected chi connectivity index (χ1v) is 8.26. The van der Waals surface area contributed by atoms with Crippen LogP contribution in [0, 0.1) is 0 Å². The molecule has 2 aromatic carbocycles. The molecule has 4 nitrogen and oxygen atoms in total. The maximum atomic E-state index is 12.0. The Hall–Kier alpha value is -2.30. The number of carbonyl (C=O) groups is 1. The number of hydrogen-bond donors (Lipinski definition) is 1. The van der Waals surface area contributed by atoms with Gasteiger partial charge in [0.25, 0.3) is 0 Å². The number of carbonyl (C=O) groups excluding carboxylic acids is 1. The SMILES string of the molecule is O=C(C=Cc1ccccc1Cl)Nc1ccc(N2CCOCC2)cc1. The van der Waals surface area contributed by atoms with Gasteiger partial charge in [0.1, 0.15) is 0 Å². The summed E-state index contributed by atoms with van der Waals surface area (Å²) in [5.41, 5.74) is 2.72. The molecule has 1 aliphatic heterocycles. The summed E-state index contributed by atoms with van der Waals surface area (Å²) in [5, 5.41) is 3.47. The molecule has 0 radical (unpaired) electrons. The summed E-state index contributed by atoms with van der Waals surface area (Å²) in [6, 6.07) is 15.2. The Bertz CT molecular complexity index is 722. The van der Waals surface area contributed by atoms with Crippen molar-refractivity contribution >= 4 is 35.0 Å². The van der Waals surface area contributed by atoms with Gasteiger partial charge in [-0.3, -0.25) is 4.79 Å². The summed E-state index contributed by atoms with van der Waals surface area (Å²) in [5.74, 6) is -0.186. The van der Waals surface area contributed by atoms with E-state index in [4.69, 9.17) is 16.3 Å². The first kappa shape index (κ1) is 16.6. The second-order valence-corrected chi connectivity index (χ2v) is 5.90. The number of rotatable bonds is 4. The number of nitrogens with zero attached hydrogens (tertiary/aromatic N) is 1. The lowest BCUT2D eigenvalue weighted by atomic mass is 10.2. The van der Waals surface area contributed by atoms with Gasteiger partial charge < -0.3 is 15.0 Å².